The SMILES string of the molecule is CCCCOCCCN1C(=O)C(C)NC1C(C)C. The van der Waals surface area contributed by atoms with E-state index < -0.39 is 0 Å². The van der Waals surface area contributed by atoms with Gasteiger partial charge in [-0.05, 0) is 25.7 Å². The number of rotatable bonds is 8. The molecule has 2 unspecified atom stereocenters. The fourth-order valence-corrected chi connectivity index (χ4v) is 2.29. The van der Waals surface area contributed by atoms with Gasteiger partial charge in [-0.1, -0.05) is 27.2 Å². The topological polar surface area (TPSA) is 41.6 Å². The van der Waals surface area contributed by atoms with Gasteiger partial charge in [0.25, 0.3) is 0 Å². The van der Waals surface area contributed by atoms with Gasteiger partial charge in [-0.2, -0.15) is 0 Å². The van der Waals surface area contributed by atoms with Gasteiger partial charge in [0, 0.05) is 19.8 Å². The van der Waals surface area contributed by atoms with Gasteiger partial charge in [-0.15, -0.1) is 0 Å². The van der Waals surface area contributed by atoms with Crippen LogP contribution in [0, 0.1) is 5.92 Å². The van der Waals surface area contributed by atoms with E-state index in [2.05, 4.69) is 26.1 Å². The third-order valence-electron chi connectivity index (χ3n) is 3.37. The molecule has 0 radical (unpaired) electrons. The number of nitrogens with one attached hydrogen (secondary N) is 1. The van der Waals surface area contributed by atoms with E-state index in [1.807, 2.05) is 11.8 Å². The molecule has 0 bridgehead atoms. The summed E-state index contributed by atoms with van der Waals surface area (Å²) in [6, 6.07) is -0.0431. The molecule has 4 heteroatoms. The Balaban J connectivity index is 2.28. The Morgan fingerprint density at radius 1 is 1.33 bits per heavy atom. The molecule has 1 saturated heterocycles. The Hall–Kier alpha value is -0.610. The Kier molecular flexibility index (Phi) is 6.65. The Morgan fingerprint density at radius 2 is 2.00 bits per heavy atom. The van der Waals surface area contributed by atoms with E-state index in [1.165, 1.54) is 6.42 Å². The van der Waals surface area contributed by atoms with E-state index in [1.54, 1.807) is 0 Å². The Labute approximate surface area is 111 Å². The van der Waals surface area contributed by atoms with Crippen LogP contribution in [-0.4, -0.2) is 42.8 Å². The molecule has 0 saturated carbocycles. The highest BCUT2D eigenvalue weighted by atomic mass is 16.5. The van der Waals surface area contributed by atoms with Gasteiger partial charge in [-0.25, -0.2) is 0 Å². The number of nitrogens with zero attached hydrogens (tertiary/aromatic N) is 1. The van der Waals surface area contributed by atoms with Crippen LogP contribution in [0.2, 0.25) is 0 Å². The summed E-state index contributed by atoms with van der Waals surface area (Å²) < 4.78 is 5.53. The fourth-order valence-electron chi connectivity index (χ4n) is 2.29. The van der Waals surface area contributed by atoms with Crippen LogP contribution in [0.15, 0.2) is 0 Å². The Bertz CT molecular complexity index is 256. The predicted molar refractivity (Wildman–Crippen MR) is 73.3 cm³/mol. The smallest absolute Gasteiger partial charge is 0.240 e. The zero-order valence-corrected chi connectivity index (χ0v) is 12.2. The highest BCUT2D eigenvalue weighted by Crippen LogP contribution is 2.17. The molecule has 1 aliphatic rings. The van der Waals surface area contributed by atoms with Gasteiger partial charge in [0.2, 0.25) is 5.91 Å². The van der Waals surface area contributed by atoms with Crippen molar-refractivity contribution in [2.24, 2.45) is 5.92 Å². The summed E-state index contributed by atoms with van der Waals surface area (Å²) in [7, 11) is 0. The van der Waals surface area contributed by atoms with Gasteiger partial charge >= 0.3 is 0 Å². The highest BCUT2D eigenvalue weighted by Gasteiger charge is 2.36. The first-order valence-corrected chi connectivity index (χ1v) is 7.22. The third-order valence-corrected chi connectivity index (χ3v) is 3.37. The molecule has 0 aromatic heterocycles. The third kappa shape index (κ3) is 4.25. The lowest BCUT2D eigenvalue weighted by molar-refractivity contribution is -0.130. The molecular weight excluding hydrogens is 228 g/mol. The zero-order valence-electron chi connectivity index (χ0n) is 12.2. The minimum Gasteiger partial charge on any atom is -0.381 e. The zero-order chi connectivity index (χ0) is 13.5. The molecule has 0 aromatic rings. The first kappa shape index (κ1) is 15.4. The molecule has 0 aliphatic carbocycles. The number of unbranched alkanes of at least 4 members (excludes halogenated alkanes) is 1. The molecule has 1 rings (SSSR count). The maximum absolute atomic E-state index is 12.0. The van der Waals surface area contributed by atoms with E-state index in [0.29, 0.717) is 5.92 Å². The number of carbonyl (C=O) groups excluding carboxylic acids is 1. The molecule has 106 valence electrons. The van der Waals surface area contributed by atoms with Crippen LogP contribution < -0.4 is 5.32 Å². The van der Waals surface area contributed by atoms with E-state index >= 15 is 0 Å². The number of carbonyl (C=O) groups is 1. The lowest BCUT2D eigenvalue weighted by atomic mass is 10.1. The number of hydrogen-bond donors (Lipinski definition) is 1. The molecule has 0 spiro atoms. The van der Waals surface area contributed by atoms with Crippen LogP contribution in [0.5, 0.6) is 0 Å². The van der Waals surface area contributed by atoms with Gasteiger partial charge in [0.15, 0.2) is 0 Å². The first-order chi connectivity index (χ1) is 8.57. The van der Waals surface area contributed by atoms with Crippen molar-refractivity contribution in [2.75, 3.05) is 19.8 Å². The summed E-state index contributed by atoms with van der Waals surface area (Å²) in [4.78, 5) is 14.0. The summed E-state index contributed by atoms with van der Waals surface area (Å²) in [6.07, 6.45) is 3.40. The minimum absolute atomic E-state index is 0.0431. The van der Waals surface area contributed by atoms with Gasteiger partial charge in [0.05, 0.1) is 12.2 Å². The second-order valence-corrected chi connectivity index (χ2v) is 5.43. The number of ether oxygens (including phenoxy) is 1. The van der Waals surface area contributed by atoms with Crippen molar-refractivity contribution in [3.05, 3.63) is 0 Å². The van der Waals surface area contributed by atoms with Crippen LogP contribution in [0.1, 0.15) is 47.0 Å². The molecule has 4 nitrogen and oxygen atoms in total. The second kappa shape index (κ2) is 7.74. The van der Waals surface area contributed by atoms with Crippen LogP contribution in [0.3, 0.4) is 0 Å². The summed E-state index contributed by atoms with van der Waals surface area (Å²) in [5.41, 5.74) is 0. The minimum atomic E-state index is -0.0431. The summed E-state index contributed by atoms with van der Waals surface area (Å²) in [5.74, 6) is 0.669. The van der Waals surface area contributed by atoms with Crippen molar-refractivity contribution in [1.29, 1.82) is 0 Å². The molecular formula is C14H28N2O2. The van der Waals surface area contributed by atoms with Gasteiger partial charge in [-0.3, -0.25) is 10.1 Å². The van der Waals surface area contributed by atoms with Crippen molar-refractivity contribution >= 4 is 5.91 Å². The molecule has 1 aliphatic heterocycles. The Morgan fingerprint density at radius 3 is 2.61 bits per heavy atom. The van der Waals surface area contributed by atoms with Crippen molar-refractivity contribution in [1.82, 2.24) is 10.2 Å². The predicted octanol–water partition coefficient (Wildman–Crippen LogP) is 2.00. The monoisotopic (exact) mass is 256 g/mol. The number of amides is 1. The van der Waals surface area contributed by atoms with Crippen LogP contribution in [-0.2, 0) is 9.53 Å². The average molecular weight is 256 g/mol. The van der Waals surface area contributed by atoms with E-state index in [0.717, 1.165) is 32.6 Å². The molecule has 2 atom stereocenters. The lowest BCUT2D eigenvalue weighted by Crippen LogP contribution is -2.42. The molecule has 18 heavy (non-hydrogen) atoms. The summed E-state index contributed by atoms with van der Waals surface area (Å²) >= 11 is 0. The molecule has 0 aromatic carbocycles. The quantitative estimate of drug-likeness (QED) is 0.675. The highest BCUT2D eigenvalue weighted by molar-refractivity contribution is 5.83. The van der Waals surface area contributed by atoms with Gasteiger partial charge in [0.1, 0.15) is 0 Å². The maximum atomic E-state index is 12.0. The lowest BCUT2D eigenvalue weighted by Gasteiger charge is -2.27. The summed E-state index contributed by atoms with van der Waals surface area (Å²) in [6.45, 7) is 10.8. The van der Waals surface area contributed by atoms with Crippen molar-refractivity contribution in [3.8, 4) is 0 Å². The van der Waals surface area contributed by atoms with Gasteiger partial charge < -0.3 is 9.64 Å². The van der Waals surface area contributed by atoms with Crippen LogP contribution in [0.25, 0.3) is 0 Å². The molecule has 1 fully saturated rings. The molecule has 1 amide bonds. The van der Waals surface area contributed by atoms with E-state index in [-0.39, 0.29) is 18.1 Å². The van der Waals surface area contributed by atoms with E-state index in [4.69, 9.17) is 4.74 Å². The van der Waals surface area contributed by atoms with Crippen molar-refractivity contribution in [2.45, 2.75) is 59.2 Å². The molecule has 1 heterocycles. The standard InChI is InChI=1S/C14H28N2O2/c1-5-6-9-18-10-7-8-16-13(11(2)3)15-12(4)14(16)17/h11-13,15H,5-10H2,1-4H3. The number of hydrogen-bond acceptors (Lipinski definition) is 3. The summed E-state index contributed by atoms with van der Waals surface area (Å²) in [5, 5.41) is 3.35. The second-order valence-electron chi connectivity index (χ2n) is 5.43. The fraction of sp³-hybridized carbons (Fsp3) is 0.929. The van der Waals surface area contributed by atoms with Crippen molar-refractivity contribution < 1.29 is 9.53 Å². The first-order valence-electron chi connectivity index (χ1n) is 7.22. The molecule has 1 N–H and O–H groups in total. The van der Waals surface area contributed by atoms with E-state index in [9.17, 15) is 4.79 Å². The van der Waals surface area contributed by atoms with Crippen molar-refractivity contribution in [3.63, 3.8) is 0 Å². The maximum Gasteiger partial charge on any atom is 0.240 e. The van der Waals surface area contributed by atoms with Crippen LogP contribution >= 0.6 is 0 Å². The van der Waals surface area contributed by atoms with Crippen LogP contribution in [0.4, 0.5) is 0 Å². The largest absolute Gasteiger partial charge is 0.381 e. The average Bonchev–Trinajstić information content (AvgIpc) is 2.61. The normalized spacial score (nSPS) is 24.3.